The number of carbonyl (C=O) groups is 3. The molecular formula is C23H26N2O8S. The molecule has 0 aromatic heterocycles. The standard InChI is InChI=1S/C23H26N2O8S/c1-31-20-9-7-18(15-21(20)34(29,30)25-11-13-32-14-12-25)24-22(27)16-33-23(28)10-8-19(26)17-5-3-2-4-6-17/h2-7,9,15H,8,10-14,16H2,1H3,(H,24,27). The highest BCUT2D eigenvalue weighted by Crippen LogP contribution is 2.30. The lowest BCUT2D eigenvalue weighted by atomic mass is 10.1. The number of methoxy groups -OCH3 is 1. The Hall–Kier alpha value is -3.28. The number of nitrogens with zero attached hydrogens (tertiary/aromatic N) is 1. The number of amides is 1. The first kappa shape index (κ1) is 25.3. The smallest absolute Gasteiger partial charge is 0.306 e. The van der Waals surface area contributed by atoms with Crippen molar-refractivity contribution in [2.24, 2.45) is 0 Å². The van der Waals surface area contributed by atoms with Crippen LogP contribution in [0.3, 0.4) is 0 Å². The summed E-state index contributed by atoms with van der Waals surface area (Å²) in [6.07, 6.45) is -0.197. The van der Waals surface area contributed by atoms with Gasteiger partial charge in [0.1, 0.15) is 10.6 Å². The minimum absolute atomic E-state index is 0.0360. The quantitative estimate of drug-likeness (QED) is 0.395. The van der Waals surface area contributed by atoms with Crippen molar-refractivity contribution in [1.29, 1.82) is 0 Å². The number of ketones is 1. The van der Waals surface area contributed by atoms with Gasteiger partial charge in [-0.15, -0.1) is 0 Å². The van der Waals surface area contributed by atoms with Gasteiger partial charge in [-0.05, 0) is 18.2 Å². The summed E-state index contributed by atoms with van der Waals surface area (Å²) in [5.74, 6) is -1.40. The van der Waals surface area contributed by atoms with E-state index < -0.39 is 28.5 Å². The van der Waals surface area contributed by atoms with Crippen molar-refractivity contribution in [2.75, 3.05) is 45.3 Å². The first-order valence-electron chi connectivity index (χ1n) is 10.6. The van der Waals surface area contributed by atoms with Gasteiger partial charge in [0.25, 0.3) is 5.91 Å². The van der Waals surface area contributed by atoms with Crippen LogP contribution in [0.25, 0.3) is 0 Å². The maximum Gasteiger partial charge on any atom is 0.306 e. The minimum atomic E-state index is -3.87. The molecule has 34 heavy (non-hydrogen) atoms. The van der Waals surface area contributed by atoms with Crippen LogP contribution >= 0.6 is 0 Å². The molecular weight excluding hydrogens is 464 g/mol. The van der Waals surface area contributed by atoms with Crippen LogP contribution in [0.4, 0.5) is 5.69 Å². The van der Waals surface area contributed by atoms with Crippen LogP contribution in [0.1, 0.15) is 23.2 Å². The molecule has 0 aliphatic carbocycles. The molecule has 1 aliphatic heterocycles. The van der Waals surface area contributed by atoms with Crippen molar-refractivity contribution in [2.45, 2.75) is 17.7 Å². The van der Waals surface area contributed by atoms with Gasteiger partial charge in [-0.25, -0.2) is 8.42 Å². The molecule has 1 fully saturated rings. The Kier molecular flexibility index (Phi) is 8.74. The molecule has 1 amide bonds. The summed E-state index contributed by atoms with van der Waals surface area (Å²) < 4.78 is 42.7. The number of morpholine rings is 1. The van der Waals surface area contributed by atoms with Gasteiger partial charge in [0.15, 0.2) is 12.4 Å². The molecule has 2 aromatic rings. The minimum Gasteiger partial charge on any atom is -0.495 e. The maximum absolute atomic E-state index is 13.0. The molecule has 1 saturated heterocycles. The third-order valence-corrected chi connectivity index (χ3v) is 6.97. The highest BCUT2D eigenvalue weighted by molar-refractivity contribution is 7.89. The molecule has 0 spiro atoms. The molecule has 0 saturated carbocycles. The topological polar surface area (TPSA) is 128 Å². The molecule has 0 bridgehead atoms. The summed E-state index contributed by atoms with van der Waals surface area (Å²) in [6, 6.07) is 12.8. The SMILES string of the molecule is COc1ccc(NC(=O)COC(=O)CCC(=O)c2ccccc2)cc1S(=O)(=O)N1CCOCC1. The lowest BCUT2D eigenvalue weighted by Gasteiger charge is -2.26. The fourth-order valence-electron chi connectivity index (χ4n) is 3.28. The number of esters is 1. The summed E-state index contributed by atoms with van der Waals surface area (Å²) in [4.78, 5) is 36.1. The number of nitrogens with one attached hydrogen (secondary N) is 1. The highest BCUT2D eigenvalue weighted by atomic mass is 32.2. The van der Waals surface area contributed by atoms with Crippen molar-refractivity contribution in [3.05, 3.63) is 54.1 Å². The Morgan fingerprint density at radius 1 is 1.03 bits per heavy atom. The predicted octanol–water partition coefficient (Wildman–Crippen LogP) is 1.86. The molecule has 2 aromatic carbocycles. The van der Waals surface area contributed by atoms with E-state index in [0.29, 0.717) is 18.8 Å². The Balaban J connectivity index is 1.55. The third-order valence-electron chi connectivity index (χ3n) is 5.05. The van der Waals surface area contributed by atoms with Crippen molar-refractivity contribution in [3.8, 4) is 5.75 Å². The van der Waals surface area contributed by atoms with E-state index in [0.717, 1.165) is 0 Å². The number of ether oxygens (including phenoxy) is 3. The second-order valence-corrected chi connectivity index (χ2v) is 9.29. The van der Waals surface area contributed by atoms with E-state index in [1.54, 1.807) is 30.3 Å². The fraction of sp³-hybridized carbons (Fsp3) is 0.348. The average molecular weight is 491 g/mol. The van der Waals surface area contributed by atoms with E-state index >= 15 is 0 Å². The molecule has 1 N–H and O–H groups in total. The van der Waals surface area contributed by atoms with Crippen molar-refractivity contribution >= 4 is 33.4 Å². The van der Waals surface area contributed by atoms with Gasteiger partial charge in [-0.1, -0.05) is 30.3 Å². The molecule has 1 aliphatic rings. The molecule has 11 heteroatoms. The van der Waals surface area contributed by atoms with E-state index in [2.05, 4.69) is 5.32 Å². The summed E-state index contributed by atoms with van der Waals surface area (Å²) in [7, 11) is -2.51. The summed E-state index contributed by atoms with van der Waals surface area (Å²) in [5.41, 5.74) is 0.698. The molecule has 0 unspecified atom stereocenters. The summed E-state index contributed by atoms with van der Waals surface area (Å²) >= 11 is 0. The number of benzene rings is 2. The fourth-order valence-corrected chi connectivity index (χ4v) is 4.87. The maximum atomic E-state index is 13.0. The van der Waals surface area contributed by atoms with E-state index in [4.69, 9.17) is 14.2 Å². The zero-order chi connectivity index (χ0) is 24.6. The van der Waals surface area contributed by atoms with E-state index in [9.17, 15) is 22.8 Å². The number of anilines is 1. The van der Waals surface area contributed by atoms with Crippen LogP contribution in [-0.4, -0.2) is 70.4 Å². The Bertz CT molecular complexity index is 1130. The Labute approximate surface area is 197 Å². The molecule has 3 rings (SSSR count). The lowest BCUT2D eigenvalue weighted by Crippen LogP contribution is -2.40. The van der Waals surface area contributed by atoms with Gasteiger partial charge in [-0.3, -0.25) is 14.4 Å². The molecule has 10 nitrogen and oxygen atoms in total. The number of rotatable bonds is 10. The highest BCUT2D eigenvalue weighted by Gasteiger charge is 2.29. The van der Waals surface area contributed by atoms with Gasteiger partial charge >= 0.3 is 5.97 Å². The van der Waals surface area contributed by atoms with Crippen LogP contribution in [0.15, 0.2) is 53.4 Å². The number of Topliss-reactive ketones (excluding diaryl/α,β-unsaturated/α-hetero) is 1. The van der Waals surface area contributed by atoms with Crippen molar-refractivity contribution in [3.63, 3.8) is 0 Å². The predicted molar refractivity (Wildman–Crippen MR) is 122 cm³/mol. The number of carbonyl (C=O) groups excluding carboxylic acids is 3. The van der Waals surface area contributed by atoms with Crippen LogP contribution in [0.2, 0.25) is 0 Å². The van der Waals surface area contributed by atoms with Crippen molar-refractivity contribution < 1.29 is 37.0 Å². The summed E-state index contributed by atoms with van der Waals surface area (Å²) in [6.45, 7) is 0.437. The van der Waals surface area contributed by atoms with E-state index in [1.165, 1.54) is 29.6 Å². The van der Waals surface area contributed by atoms with E-state index in [-0.39, 0.29) is 48.0 Å². The molecule has 0 radical (unpaired) electrons. The van der Waals surface area contributed by atoms with Crippen molar-refractivity contribution in [1.82, 2.24) is 4.31 Å². The van der Waals surface area contributed by atoms with Crippen LogP contribution in [0, 0.1) is 0 Å². The summed E-state index contributed by atoms with van der Waals surface area (Å²) in [5, 5.41) is 2.51. The molecule has 0 atom stereocenters. The van der Waals surface area contributed by atoms with Gasteiger partial charge in [-0.2, -0.15) is 4.31 Å². The van der Waals surface area contributed by atoms with E-state index in [1.807, 2.05) is 0 Å². The monoisotopic (exact) mass is 490 g/mol. The number of sulfonamides is 1. The lowest BCUT2D eigenvalue weighted by molar-refractivity contribution is -0.147. The van der Waals surface area contributed by atoms with Gasteiger partial charge in [0.05, 0.1) is 26.7 Å². The number of hydrogen-bond donors (Lipinski definition) is 1. The second-order valence-electron chi connectivity index (χ2n) is 7.38. The normalized spacial score (nSPS) is 14.3. The van der Waals surface area contributed by atoms with Gasteiger partial charge in [0, 0.05) is 30.8 Å². The van der Waals surface area contributed by atoms with Crippen LogP contribution < -0.4 is 10.1 Å². The average Bonchev–Trinajstić information content (AvgIpc) is 2.87. The largest absolute Gasteiger partial charge is 0.495 e. The molecule has 182 valence electrons. The Morgan fingerprint density at radius 3 is 2.41 bits per heavy atom. The molecule has 1 heterocycles. The first-order chi connectivity index (χ1) is 16.3. The van der Waals surface area contributed by atoms with Crippen LogP contribution in [0.5, 0.6) is 5.75 Å². The van der Waals surface area contributed by atoms with Gasteiger partial charge < -0.3 is 19.5 Å². The Morgan fingerprint density at radius 2 is 1.74 bits per heavy atom. The first-order valence-corrected chi connectivity index (χ1v) is 12.0. The third kappa shape index (κ3) is 6.62. The number of hydrogen-bond acceptors (Lipinski definition) is 8. The zero-order valence-electron chi connectivity index (χ0n) is 18.7. The van der Waals surface area contributed by atoms with Gasteiger partial charge in [0.2, 0.25) is 10.0 Å². The zero-order valence-corrected chi connectivity index (χ0v) is 19.5. The van der Waals surface area contributed by atoms with Crippen LogP contribution in [-0.2, 0) is 29.1 Å². The second kappa shape index (κ2) is 11.7.